The van der Waals surface area contributed by atoms with E-state index in [1.165, 1.54) is 11.8 Å². The van der Waals surface area contributed by atoms with E-state index in [-0.39, 0.29) is 25.2 Å². The van der Waals surface area contributed by atoms with Crippen LogP contribution in [0.3, 0.4) is 0 Å². The molecule has 2 atom stereocenters. The van der Waals surface area contributed by atoms with Crippen molar-refractivity contribution in [3.63, 3.8) is 0 Å². The van der Waals surface area contributed by atoms with E-state index in [1.54, 1.807) is 20.8 Å². The summed E-state index contributed by atoms with van der Waals surface area (Å²) < 4.78 is 4.98. The highest BCUT2D eigenvalue weighted by atomic mass is 32.2. The Kier molecular flexibility index (Phi) is 12.5. The van der Waals surface area contributed by atoms with Gasteiger partial charge in [0.05, 0.1) is 6.61 Å². The Labute approximate surface area is 178 Å². The monoisotopic (exact) mass is 451 g/mol. The molecule has 13 heteroatoms. The average molecular weight is 451 g/mol. The van der Waals surface area contributed by atoms with Crippen molar-refractivity contribution in [2.75, 3.05) is 24.7 Å². The molecule has 0 aliphatic rings. The van der Waals surface area contributed by atoms with Gasteiger partial charge in [-0.05, 0) is 27.2 Å². The molecule has 0 aliphatic heterocycles. The number of aliphatic hydroxyl groups is 1. The lowest BCUT2D eigenvalue weighted by molar-refractivity contribution is -0.140. The van der Waals surface area contributed by atoms with Gasteiger partial charge in [-0.3, -0.25) is 14.4 Å². The van der Waals surface area contributed by atoms with Crippen LogP contribution < -0.4 is 16.0 Å². The molecule has 0 aromatic heterocycles. The van der Waals surface area contributed by atoms with Crippen LogP contribution >= 0.6 is 11.8 Å². The van der Waals surface area contributed by atoms with E-state index in [0.29, 0.717) is 5.75 Å². The van der Waals surface area contributed by atoms with Crippen molar-refractivity contribution in [1.29, 1.82) is 0 Å². The van der Waals surface area contributed by atoms with Gasteiger partial charge in [0, 0.05) is 17.9 Å². The van der Waals surface area contributed by atoms with Gasteiger partial charge in [-0.2, -0.15) is 11.8 Å². The third kappa shape index (κ3) is 13.6. The first kappa shape index (κ1) is 27.5. The van der Waals surface area contributed by atoms with Gasteiger partial charge in [-0.15, -0.1) is 0 Å². The van der Waals surface area contributed by atoms with E-state index in [0.717, 1.165) is 0 Å². The van der Waals surface area contributed by atoms with Crippen LogP contribution in [-0.2, 0) is 23.9 Å². The fourth-order valence-electron chi connectivity index (χ4n) is 1.98. The molecule has 30 heavy (non-hydrogen) atoms. The van der Waals surface area contributed by atoms with Gasteiger partial charge in [-0.1, -0.05) is 0 Å². The fraction of sp³-hybridized carbons (Fsp3) is 0.706. The Morgan fingerprint density at radius 2 is 1.67 bits per heavy atom. The van der Waals surface area contributed by atoms with Crippen LogP contribution in [0.2, 0.25) is 0 Å². The quantitative estimate of drug-likeness (QED) is 0.192. The van der Waals surface area contributed by atoms with Crippen LogP contribution in [0, 0.1) is 0 Å². The lowest BCUT2D eigenvalue weighted by atomic mass is 10.1. The molecule has 0 fully saturated rings. The molecule has 0 aliphatic carbocycles. The van der Waals surface area contributed by atoms with Crippen molar-refractivity contribution < 1.29 is 44.0 Å². The number of carboxylic acids is 2. The molecule has 12 nitrogen and oxygen atoms in total. The highest BCUT2D eigenvalue weighted by Gasteiger charge is 2.26. The maximum Gasteiger partial charge on any atom is 0.408 e. The molecule has 172 valence electrons. The zero-order valence-corrected chi connectivity index (χ0v) is 17.9. The predicted molar refractivity (Wildman–Crippen MR) is 107 cm³/mol. The van der Waals surface area contributed by atoms with E-state index < -0.39 is 54.1 Å². The van der Waals surface area contributed by atoms with Crippen LogP contribution in [0.15, 0.2) is 0 Å². The number of thioether (sulfide) groups is 1. The first-order valence-electron chi connectivity index (χ1n) is 9.05. The summed E-state index contributed by atoms with van der Waals surface area (Å²) in [6, 6.07) is -2.45. The normalized spacial score (nSPS) is 12.9. The molecule has 3 amide bonds. The number of carbonyl (C=O) groups excluding carboxylic acids is 3. The number of nitrogens with one attached hydrogen (secondary N) is 3. The van der Waals surface area contributed by atoms with Crippen molar-refractivity contribution in [3.8, 4) is 0 Å². The maximum atomic E-state index is 12.2. The van der Waals surface area contributed by atoms with Crippen molar-refractivity contribution in [1.82, 2.24) is 16.0 Å². The smallest absolute Gasteiger partial charge is 0.408 e. The van der Waals surface area contributed by atoms with E-state index in [9.17, 15) is 29.1 Å². The van der Waals surface area contributed by atoms with E-state index in [2.05, 4.69) is 16.0 Å². The van der Waals surface area contributed by atoms with Gasteiger partial charge in [0.25, 0.3) is 0 Å². The minimum atomic E-state index is -1.38. The molecule has 6 N–H and O–H groups in total. The van der Waals surface area contributed by atoms with Crippen molar-refractivity contribution in [3.05, 3.63) is 0 Å². The predicted octanol–water partition coefficient (Wildman–Crippen LogP) is -0.844. The van der Waals surface area contributed by atoms with Crippen molar-refractivity contribution in [2.24, 2.45) is 0 Å². The van der Waals surface area contributed by atoms with Crippen LogP contribution in [0.1, 0.15) is 33.6 Å². The second kappa shape index (κ2) is 13.6. The molecule has 0 unspecified atom stereocenters. The zero-order chi connectivity index (χ0) is 23.3. The third-order valence-electron chi connectivity index (χ3n) is 3.23. The number of ether oxygens (including phenoxy) is 1. The molecule has 0 saturated carbocycles. The van der Waals surface area contributed by atoms with E-state index in [4.69, 9.17) is 14.9 Å². The first-order chi connectivity index (χ1) is 13.9. The molecule has 0 aromatic carbocycles. The Hall–Kier alpha value is -2.54. The van der Waals surface area contributed by atoms with Gasteiger partial charge in [-0.25, -0.2) is 9.59 Å². The van der Waals surface area contributed by atoms with Crippen LogP contribution in [0.25, 0.3) is 0 Å². The van der Waals surface area contributed by atoms with Crippen molar-refractivity contribution in [2.45, 2.75) is 51.3 Å². The summed E-state index contributed by atoms with van der Waals surface area (Å²) in [5.74, 6) is -3.61. The lowest BCUT2D eigenvalue weighted by Crippen LogP contribution is -2.50. The first-order valence-corrected chi connectivity index (χ1v) is 10.2. The number of aliphatic carboxylic acids is 2. The van der Waals surface area contributed by atoms with Gasteiger partial charge >= 0.3 is 18.0 Å². The lowest BCUT2D eigenvalue weighted by Gasteiger charge is -2.22. The summed E-state index contributed by atoms with van der Waals surface area (Å²) in [4.78, 5) is 57.9. The SMILES string of the molecule is CC(C)(C)OC(=O)N[C@@H](CCC(=O)N[C@@H](CSCCO)C(=O)NCC(=O)O)C(=O)O. The molecular formula is C17H29N3O9S. The van der Waals surface area contributed by atoms with Crippen LogP contribution in [0.5, 0.6) is 0 Å². The molecule has 0 bridgehead atoms. The van der Waals surface area contributed by atoms with E-state index in [1.807, 2.05) is 0 Å². The summed E-state index contributed by atoms with van der Waals surface area (Å²) in [5, 5.41) is 33.4. The number of alkyl carbamates (subject to hydrolysis) is 1. The summed E-state index contributed by atoms with van der Waals surface area (Å²) >= 11 is 1.17. The molecule has 0 aromatic rings. The Morgan fingerprint density at radius 1 is 1.03 bits per heavy atom. The Bertz CT molecular complexity index is 622. The minimum Gasteiger partial charge on any atom is -0.480 e. The third-order valence-corrected chi connectivity index (χ3v) is 4.28. The number of aliphatic hydroxyl groups excluding tert-OH is 1. The zero-order valence-electron chi connectivity index (χ0n) is 17.1. The largest absolute Gasteiger partial charge is 0.480 e. The highest BCUT2D eigenvalue weighted by Crippen LogP contribution is 2.08. The molecule has 0 saturated heterocycles. The fourth-order valence-corrected chi connectivity index (χ4v) is 2.75. The Morgan fingerprint density at radius 3 is 2.17 bits per heavy atom. The van der Waals surface area contributed by atoms with Crippen LogP contribution in [0.4, 0.5) is 4.79 Å². The molecule has 0 rings (SSSR count). The average Bonchev–Trinajstić information content (AvgIpc) is 2.60. The van der Waals surface area contributed by atoms with Gasteiger partial charge in [0.2, 0.25) is 11.8 Å². The number of carboxylic acid groups (broad SMARTS) is 2. The Balaban J connectivity index is 4.80. The van der Waals surface area contributed by atoms with Gasteiger partial charge in [0.15, 0.2) is 0 Å². The highest BCUT2D eigenvalue weighted by molar-refractivity contribution is 7.99. The second-order valence-corrected chi connectivity index (χ2v) is 8.26. The molecule has 0 heterocycles. The minimum absolute atomic E-state index is 0.0796. The number of hydrogen-bond acceptors (Lipinski definition) is 8. The second-order valence-electron chi connectivity index (χ2n) is 7.11. The standard InChI is InChI=1S/C17H29N3O9S/c1-17(2,3)29-16(28)20-10(15(26)27)4-5-12(22)19-11(9-30-7-6-21)14(25)18-8-13(23)24/h10-11,21H,4-9H2,1-3H3,(H,18,25)(H,19,22)(H,20,28)(H,23,24)(H,26,27)/t10-,11-/m0/s1. The summed E-state index contributed by atoms with van der Waals surface area (Å²) in [5.41, 5.74) is -0.826. The number of carbonyl (C=O) groups is 5. The summed E-state index contributed by atoms with van der Waals surface area (Å²) in [6.45, 7) is 4.07. The summed E-state index contributed by atoms with van der Waals surface area (Å²) in [6.07, 6.45) is -1.52. The molecular weight excluding hydrogens is 422 g/mol. The molecule has 0 radical (unpaired) electrons. The number of rotatable bonds is 13. The van der Waals surface area contributed by atoms with Crippen LogP contribution in [-0.4, -0.2) is 87.5 Å². The van der Waals surface area contributed by atoms with Gasteiger partial charge in [0.1, 0.15) is 24.2 Å². The summed E-state index contributed by atoms with van der Waals surface area (Å²) in [7, 11) is 0. The topological polar surface area (TPSA) is 191 Å². The number of hydrogen-bond donors (Lipinski definition) is 6. The number of amides is 3. The van der Waals surface area contributed by atoms with Gasteiger partial charge < -0.3 is 36.0 Å². The maximum absolute atomic E-state index is 12.2. The van der Waals surface area contributed by atoms with E-state index >= 15 is 0 Å². The molecule has 0 spiro atoms. The van der Waals surface area contributed by atoms with Crippen molar-refractivity contribution >= 4 is 41.6 Å².